The number of pyridine rings is 1. The molecule has 1 aromatic heterocycles. The molecule has 2 aromatic rings. The number of halogens is 3. The van der Waals surface area contributed by atoms with Crippen molar-refractivity contribution in [3.63, 3.8) is 0 Å². The van der Waals surface area contributed by atoms with Gasteiger partial charge in [-0.3, -0.25) is 4.79 Å². The van der Waals surface area contributed by atoms with E-state index in [9.17, 15) is 14.0 Å². The Labute approximate surface area is 169 Å². The van der Waals surface area contributed by atoms with Crippen LogP contribution in [0.5, 0.6) is 0 Å². The number of hydrogen-bond donors (Lipinski definition) is 0. The van der Waals surface area contributed by atoms with E-state index in [4.69, 9.17) is 11.6 Å². The highest BCUT2D eigenvalue weighted by Gasteiger charge is 2.19. The first-order valence-corrected chi connectivity index (χ1v) is 9.60. The summed E-state index contributed by atoms with van der Waals surface area (Å²) < 4.78 is 17.0. The van der Waals surface area contributed by atoms with Gasteiger partial charge in [0.15, 0.2) is 10.3 Å². The maximum Gasteiger partial charge on any atom is 0.357 e. The summed E-state index contributed by atoms with van der Waals surface area (Å²) in [5.41, 5.74) is -0.985. The molecule has 0 N–H and O–H groups in total. The number of rotatable bonds is 3. The fourth-order valence-electron chi connectivity index (χ4n) is 2.69. The first kappa shape index (κ1) is 18.0. The average molecular weight is 468 g/mol. The van der Waals surface area contributed by atoms with Crippen LogP contribution in [0.25, 0.3) is 17.1 Å². The molecule has 2 aliphatic heterocycles. The van der Waals surface area contributed by atoms with Crippen LogP contribution < -0.4 is 11.2 Å². The molecule has 10 heteroatoms. The van der Waals surface area contributed by atoms with Gasteiger partial charge >= 0.3 is 5.69 Å². The summed E-state index contributed by atoms with van der Waals surface area (Å²) in [6, 6.07) is 7.27. The second kappa shape index (κ2) is 6.99. The van der Waals surface area contributed by atoms with Crippen molar-refractivity contribution in [1.29, 1.82) is 0 Å². The predicted molar refractivity (Wildman–Crippen MR) is 105 cm³/mol. The van der Waals surface area contributed by atoms with E-state index < -0.39 is 17.1 Å². The molecule has 0 saturated carbocycles. The molecule has 0 atom stereocenters. The SMILES string of the molecule is O=c1nc2n(Cc3cnc(Cl)s3)cccc-2c(=O)n1-c1ccc(Br)c(F)c1. The molecule has 0 unspecified atom stereocenters. The summed E-state index contributed by atoms with van der Waals surface area (Å²) in [5, 5.41) is 0. The molecular formula is C17H9BrClFN4O2S. The van der Waals surface area contributed by atoms with Crippen molar-refractivity contribution in [3.05, 3.63) is 83.2 Å². The van der Waals surface area contributed by atoms with Crippen molar-refractivity contribution < 1.29 is 4.39 Å². The molecule has 0 fully saturated rings. The lowest BCUT2D eigenvalue weighted by molar-refractivity contribution is 0.619. The fourth-order valence-corrected chi connectivity index (χ4v) is 3.91. The van der Waals surface area contributed by atoms with Crippen LogP contribution in [0.4, 0.5) is 4.39 Å². The van der Waals surface area contributed by atoms with Crippen LogP contribution in [-0.4, -0.2) is 19.1 Å². The second-order valence-electron chi connectivity index (χ2n) is 5.59. The zero-order valence-corrected chi connectivity index (χ0v) is 16.6. The average Bonchev–Trinajstić information content (AvgIpc) is 3.04. The molecule has 0 aliphatic carbocycles. The summed E-state index contributed by atoms with van der Waals surface area (Å²) in [6.45, 7) is 0.366. The molecule has 3 heterocycles. The zero-order chi connectivity index (χ0) is 19.1. The van der Waals surface area contributed by atoms with Gasteiger partial charge in [0.05, 0.1) is 22.3 Å². The van der Waals surface area contributed by atoms with Gasteiger partial charge in [0.1, 0.15) is 5.82 Å². The van der Waals surface area contributed by atoms with Crippen molar-refractivity contribution in [3.8, 4) is 17.1 Å². The van der Waals surface area contributed by atoms with Gasteiger partial charge in [-0.2, -0.15) is 4.98 Å². The molecule has 0 saturated heterocycles. The molecule has 4 rings (SSSR count). The third-order valence-corrected chi connectivity index (χ3v) is 5.62. The summed E-state index contributed by atoms with van der Waals surface area (Å²) in [7, 11) is 0. The Balaban J connectivity index is 1.89. The molecule has 1 aromatic carbocycles. The monoisotopic (exact) mass is 466 g/mol. The van der Waals surface area contributed by atoms with Gasteiger partial charge in [-0.25, -0.2) is 18.7 Å². The van der Waals surface area contributed by atoms with E-state index in [2.05, 4.69) is 25.9 Å². The maximum atomic E-state index is 13.8. The van der Waals surface area contributed by atoms with Gasteiger partial charge in [0.2, 0.25) is 0 Å². The molecule has 27 heavy (non-hydrogen) atoms. The molecule has 136 valence electrons. The molecular weight excluding hydrogens is 459 g/mol. The van der Waals surface area contributed by atoms with Crippen LogP contribution in [-0.2, 0) is 6.54 Å². The van der Waals surface area contributed by atoms with Gasteiger partial charge in [-0.1, -0.05) is 11.6 Å². The summed E-state index contributed by atoms with van der Waals surface area (Å²) in [5.74, 6) is -0.338. The highest BCUT2D eigenvalue weighted by atomic mass is 79.9. The third kappa shape index (κ3) is 3.33. The highest BCUT2D eigenvalue weighted by Crippen LogP contribution is 2.22. The van der Waals surface area contributed by atoms with E-state index in [1.807, 2.05) is 0 Å². The first-order chi connectivity index (χ1) is 12.9. The smallest absolute Gasteiger partial charge is 0.327 e. The van der Waals surface area contributed by atoms with Gasteiger partial charge in [-0.05, 0) is 46.3 Å². The summed E-state index contributed by atoms with van der Waals surface area (Å²) in [4.78, 5) is 34.3. The van der Waals surface area contributed by atoms with Gasteiger partial charge < -0.3 is 4.57 Å². The quantitative estimate of drug-likeness (QED) is 0.462. The van der Waals surface area contributed by atoms with Gasteiger partial charge in [-0.15, -0.1) is 11.3 Å². The van der Waals surface area contributed by atoms with Crippen molar-refractivity contribution >= 4 is 38.9 Å². The largest absolute Gasteiger partial charge is 0.357 e. The highest BCUT2D eigenvalue weighted by molar-refractivity contribution is 9.10. The molecule has 0 bridgehead atoms. The molecule has 6 nitrogen and oxygen atoms in total. The van der Waals surface area contributed by atoms with Gasteiger partial charge in [0.25, 0.3) is 5.56 Å². The van der Waals surface area contributed by atoms with E-state index in [1.165, 1.54) is 23.5 Å². The topological polar surface area (TPSA) is 69.8 Å². The van der Waals surface area contributed by atoms with Crippen LogP contribution in [0.3, 0.4) is 0 Å². The van der Waals surface area contributed by atoms with Crippen molar-refractivity contribution in [2.75, 3.05) is 0 Å². The van der Waals surface area contributed by atoms with Crippen LogP contribution >= 0.6 is 38.9 Å². The van der Waals surface area contributed by atoms with Crippen LogP contribution in [0.2, 0.25) is 4.47 Å². The zero-order valence-electron chi connectivity index (χ0n) is 13.4. The number of nitrogens with zero attached hydrogens (tertiary/aromatic N) is 4. The number of aromatic nitrogens is 4. The lowest BCUT2D eigenvalue weighted by atomic mass is 10.2. The second-order valence-corrected chi connectivity index (χ2v) is 8.14. The normalized spacial score (nSPS) is 11.2. The van der Waals surface area contributed by atoms with Crippen molar-refractivity contribution in [2.45, 2.75) is 6.54 Å². The fraction of sp³-hybridized carbons (Fsp3) is 0.0588. The number of thiazole rings is 1. The van der Waals surface area contributed by atoms with Gasteiger partial charge in [0, 0.05) is 17.3 Å². The minimum Gasteiger partial charge on any atom is -0.327 e. The number of hydrogen-bond acceptors (Lipinski definition) is 5. The molecule has 2 aliphatic rings. The molecule has 0 radical (unpaired) electrons. The van der Waals surface area contributed by atoms with E-state index in [0.29, 0.717) is 11.0 Å². The number of benzene rings is 1. The molecule has 0 spiro atoms. The van der Waals surface area contributed by atoms with E-state index in [1.54, 1.807) is 29.1 Å². The minimum absolute atomic E-state index is 0.116. The predicted octanol–water partition coefficient (Wildman–Crippen LogP) is 3.56. The van der Waals surface area contributed by atoms with E-state index in [0.717, 1.165) is 15.5 Å². The summed E-state index contributed by atoms with van der Waals surface area (Å²) >= 11 is 10.2. The first-order valence-electron chi connectivity index (χ1n) is 7.62. The van der Waals surface area contributed by atoms with Crippen LogP contribution in [0.1, 0.15) is 4.88 Å². The summed E-state index contributed by atoms with van der Waals surface area (Å²) in [6.07, 6.45) is 3.34. The lowest BCUT2D eigenvalue weighted by Gasteiger charge is -2.14. The van der Waals surface area contributed by atoms with Crippen molar-refractivity contribution in [1.82, 2.24) is 19.1 Å². The Morgan fingerprint density at radius 1 is 1.26 bits per heavy atom. The van der Waals surface area contributed by atoms with Crippen LogP contribution in [0.15, 0.2) is 56.8 Å². The number of fused-ring (bicyclic) bond motifs is 1. The third-order valence-electron chi connectivity index (χ3n) is 3.88. The van der Waals surface area contributed by atoms with Crippen LogP contribution in [0, 0.1) is 5.82 Å². The Kier molecular flexibility index (Phi) is 4.67. The standard InChI is InChI=1S/C17H9BrClFN4O2S/c18-12-4-3-9(6-13(12)20)24-15(25)11-2-1-5-23(14(11)22-17(24)26)8-10-7-21-16(19)27-10/h1-7H,8H2. The maximum absolute atomic E-state index is 13.8. The Bertz CT molecular complexity index is 1250. The lowest BCUT2D eigenvalue weighted by Crippen LogP contribution is -2.36. The Morgan fingerprint density at radius 2 is 2.07 bits per heavy atom. The van der Waals surface area contributed by atoms with E-state index in [-0.39, 0.29) is 21.5 Å². The Morgan fingerprint density at radius 3 is 2.78 bits per heavy atom. The Hall–Kier alpha value is -2.36. The van der Waals surface area contributed by atoms with Crippen molar-refractivity contribution in [2.24, 2.45) is 0 Å². The van der Waals surface area contributed by atoms with E-state index >= 15 is 0 Å². The molecule has 0 amide bonds. The minimum atomic E-state index is -0.781.